The van der Waals surface area contributed by atoms with Crippen LogP contribution in [0, 0.1) is 6.92 Å². The van der Waals surface area contributed by atoms with Crippen LogP contribution in [-0.4, -0.2) is 14.8 Å². The number of nitrogens with zero attached hydrogens (tertiary/aromatic N) is 3. The van der Waals surface area contributed by atoms with Crippen LogP contribution < -0.4 is 0 Å². The third-order valence-electron chi connectivity index (χ3n) is 2.03. The lowest BCUT2D eigenvalue weighted by Gasteiger charge is -2.03. The van der Waals surface area contributed by atoms with E-state index in [2.05, 4.69) is 16.1 Å². The highest BCUT2D eigenvalue weighted by atomic mass is 35.5. The van der Waals surface area contributed by atoms with Crippen LogP contribution >= 0.6 is 11.6 Å². The van der Waals surface area contributed by atoms with E-state index in [0.717, 1.165) is 17.1 Å². The molecule has 2 aromatic rings. The minimum atomic E-state index is 0.734. The van der Waals surface area contributed by atoms with Gasteiger partial charge >= 0.3 is 0 Å². The molecule has 1 aromatic heterocycles. The Hall–Kier alpha value is -1.35. The number of hydrogen-bond acceptors (Lipinski definition) is 2. The molecule has 72 valence electrons. The fourth-order valence-electron chi connectivity index (χ4n) is 1.31. The molecule has 0 aliphatic carbocycles. The number of aryl methyl sites for hydroxylation is 1. The van der Waals surface area contributed by atoms with E-state index in [1.54, 1.807) is 11.0 Å². The second-order valence-electron chi connectivity index (χ2n) is 3.18. The molecule has 0 fully saturated rings. The molecule has 0 unspecified atom stereocenters. The van der Waals surface area contributed by atoms with E-state index < -0.39 is 0 Å². The van der Waals surface area contributed by atoms with Crippen molar-refractivity contribution in [2.45, 2.75) is 13.5 Å². The first-order valence-corrected chi connectivity index (χ1v) is 4.71. The Morgan fingerprint density at radius 2 is 2.29 bits per heavy atom. The van der Waals surface area contributed by atoms with Gasteiger partial charge in [-0.15, -0.1) is 0 Å². The van der Waals surface area contributed by atoms with Gasteiger partial charge in [-0.1, -0.05) is 23.7 Å². The van der Waals surface area contributed by atoms with Gasteiger partial charge < -0.3 is 0 Å². The number of benzene rings is 1. The van der Waals surface area contributed by atoms with Crippen LogP contribution in [0.1, 0.15) is 11.1 Å². The zero-order chi connectivity index (χ0) is 9.97. The highest BCUT2D eigenvalue weighted by Crippen LogP contribution is 2.16. The van der Waals surface area contributed by atoms with Gasteiger partial charge in [0.05, 0.1) is 6.54 Å². The van der Waals surface area contributed by atoms with E-state index in [1.165, 1.54) is 11.9 Å². The quantitative estimate of drug-likeness (QED) is 0.757. The topological polar surface area (TPSA) is 30.7 Å². The largest absolute Gasteiger partial charge is 0.249 e. The number of aromatic nitrogens is 3. The standard InChI is InChI=1S/C10H10ClN3/c1-8-4-9(2-3-10(8)11)5-14-7-12-6-13-14/h2-4,6-7H,5H2,1H3. The van der Waals surface area contributed by atoms with E-state index >= 15 is 0 Å². The van der Waals surface area contributed by atoms with Gasteiger partial charge in [0.1, 0.15) is 12.7 Å². The van der Waals surface area contributed by atoms with Crippen LogP contribution in [0.2, 0.25) is 5.02 Å². The molecule has 14 heavy (non-hydrogen) atoms. The summed E-state index contributed by atoms with van der Waals surface area (Å²) in [6.45, 7) is 2.73. The Labute approximate surface area is 87.3 Å². The summed E-state index contributed by atoms with van der Waals surface area (Å²) >= 11 is 5.93. The van der Waals surface area contributed by atoms with Gasteiger partial charge in [-0.3, -0.25) is 0 Å². The average Bonchev–Trinajstić information content (AvgIpc) is 2.64. The first kappa shape index (κ1) is 9.21. The molecule has 0 spiro atoms. The fraction of sp³-hybridized carbons (Fsp3) is 0.200. The summed E-state index contributed by atoms with van der Waals surface area (Å²) in [5.41, 5.74) is 2.27. The van der Waals surface area contributed by atoms with Crippen molar-refractivity contribution in [2.24, 2.45) is 0 Å². The highest BCUT2D eigenvalue weighted by molar-refractivity contribution is 6.31. The molecule has 2 rings (SSSR count). The monoisotopic (exact) mass is 207 g/mol. The Balaban J connectivity index is 2.22. The molecule has 4 heteroatoms. The molecule has 0 saturated carbocycles. The van der Waals surface area contributed by atoms with Crippen molar-refractivity contribution in [2.75, 3.05) is 0 Å². The van der Waals surface area contributed by atoms with Gasteiger partial charge in [-0.05, 0) is 24.1 Å². The maximum Gasteiger partial charge on any atom is 0.137 e. The van der Waals surface area contributed by atoms with Gasteiger partial charge in [-0.2, -0.15) is 5.10 Å². The van der Waals surface area contributed by atoms with Crippen LogP contribution in [0.5, 0.6) is 0 Å². The van der Waals surface area contributed by atoms with E-state index in [9.17, 15) is 0 Å². The molecule has 1 aromatic carbocycles. The van der Waals surface area contributed by atoms with Crippen molar-refractivity contribution in [3.63, 3.8) is 0 Å². The van der Waals surface area contributed by atoms with Gasteiger partial charge in [0, 0.05) is 5.02 Å². The van der Waals surface area contributed by atoms with E-state index in [-0.39, 0.29) is 0 Å². The second kappa shape index (κ2) is 3.80. The van der Waals surface area contributed by atoms with Crippen LogP contribution in [0.4, 0.5) is 0 Å². The van der Waals surface area contributed by atoms with Gasteiger partial charge in [-0.25, -0.2) is 9.67 Å². The first-order chi connectivity index (χ1) is 6.75. The molecular formula is C10H10ClN3. The molecule has 0 aliphatic heterocycles. The summed E-state index contributed by atoms with van der Waals surface area (Å²) in [6, 6.07) is 5.96. The second-order valence-corrected chi connectivity index (χ2v) is 3.58. The lowest BCUT2D eigenvalue weighted by atomic mass is 10.1. The minimum absolute atomic E-state index is 0.734. The minimum Gasteiger partial charge on any atom is -0.249 e. The number of halogens is 1. The van der Waals surface area contributed by atoms with Gasteiger partial charge in [0.15, 0.2) is 0 Å². The number of rotatable bonds is 2. The van der Waals surface area contributed by atoms with E-state index in [4.69, 9.17) is 11.6 Å². The van der Waals surface area contributed by atoms with Crippen molar-refractivity contribution < 1.29 is 0 Å². The SMILES string of the molecule is Cc1cc(Cn2cncn2)ccc1Cl. The molecule has 0 radical (unpaired) electrons. The Bertz CT molecular complexity index is 423. The predicted octanol–water partition coefficient (Wildman–Crippen LogP) is 2.29. The lowest BCUT2D eigenvalue weighted by Crippen LogP contribution is -1.99. The molecule has 3 nitrogen and oxygen atoms in total. The van der Waals surface area contributed by atoms with Crippen molar-refractivity contribution in [1.29, 1.82) is 0 Å². The summed E-state index contributed by atoms with van der Waals surface area (Å²) in [5.74, 6) is 0. The molecule has 0 aliphatic rings. The van der Waals surface area contributed by atoms with Gasteiger partial charge in [0.25, 0.3) is 0 Å². The molecule has 0 amide bonds. The normalized spacial score (nSPS) is 10.4. The van der Waals surface area contributed by atoms with Crippen molar-refractivity contribution in [1.82, 2.24) is 14.8 Å². The van der Waals surface area contributed by atoms with Crippen LogP contribution in [0.25, 0.3) is 0 Å². The maximum atomic E-state index is 5.93. The number of hydrogen-bond donors (Lipinski definition) is 0. The summed E-state index contributed by atoms with van der Waals surface area (Å²) in [6.07, 6.45) is 3.23. The molecule has 0 saturated heterocycles. The summed E-state index contributed by atoms with van der Waals surface area (Å²) in [4.78, 5) is 3.88. The summed E-state index contributed by atoms with van der Waals surface area (Å²) in [7, 11) is 0. The Morgan fingerprint density at radius 1 is 1.43 bits per heavy atom. The zero-order valence-electron chi connectivity index (χ0n) is 7.81. The zero-order valence-corrected chi connectivity index (χ0v) is 8.57. The van der Waals surface area contributed by atoms with Crippen LogP contribution in [0.15, 0.2) is 30.9 Å². The summed E-state index contributed by atoms with van der Waals surface area (Å²) in [5, 5.41) is 4.83. The highest BCUT2D eigenvalue weighted by Gasteiger charge is 1.98. The van der Waals surface area contributed by atoms with Crippen molar-refractivity contribution in [3.05, 3.63) is 47.0 Å². The molecule has 0 atom stereocenters. The fourth-order valence-corrected chi connectivity index (χ4v) is 1.42. The van der Waals surface area contributed by atoms with Gasteiger partial charge in [0.2, 0.25) is 0 Å². The Morgan fingerprint density at radius 3 is 2.93 bits per heavy atom. The average molecular weight is 208 g/mol. The first-order valence-electron chi connectivity index (χ1n) is 4.33. The maximum absolute atomic E-state index is 5.93. The van der Waals surface area contributed by atoms with E-state index in [1.807, 2.05) is 19.1 Å². The van der Waals surface area contributed by atoms with Crippen molar-refractivity contribution >= 4 is 11.6 Å². The van der Waals surface area contributed by atoms with Crippen molar-refractivity contribution in [3.8, 4) is 0 Å². The smallest absolute Gasteiger partial charge is 0.137 e. The third-order valence-corrected chi connectivity index (χ3v) is 2.46. The molecule has 1 heterocycles. The lowest BCUT2D eigenvalue weighted by molar-refractivity contribution is 0.684. The van der Waals surface area contributed by atoms with Crippen LogP contribution in [0.3, 0.4) is 0 Å². The third kappa shape index (κ3) is 1.93. The predicted molar refractivity (Wildman–Crippen MR) is 55.3 cm³/mol. The Kier molecular flexibility index (Phi) is 2.50. The molecule has 0 N–H and O–H groups in total. The summed E-state index contributed by atoms with van der Waals surface area (Å²) < 4.78 is 1.78. The van der Waals surface area contributed by atoms with Crippen LogP contribution in [-0.2, 0) is 6.54 Å². The van der Waals surface area contributed by atoms with E-state index in [0.29, 0.717) is 0 Å². The molecular weight excluding hydrogens is 198 g/mol. The molecule has 0 bridgehead atoms.